The monoisotopic (exact) mass is 282 g/mol. The highest BCUT2D eigenvalue weighted by atomic mass is 14.9. The summed E-state index contributed by atoms with van der Waals surface area (Å²) >= 11 is 0. The SMILES string of the molecule is CCCC1CCC(NCc2ccc3ncccc3c2)CC1. The molecule has 2 nitrogen and oxygen atoms in total. The molecule has 112 valence electrons. The van der Waals surface area contributed by atoms with Crippen molar-refractivity contribution in [3.8, 4) is 0 Å². The third-order valence-corrected chi connectivity index (χ3v) is 4.81. The van der Waals surface area contributed by atoms with Crippen molar-refractivity contribution in [3.63, 3.8) is 0 Å². The number of nitrogens with zero attached hydrogens (tertiary/aromatic N) is 1. The van der Waals surface area contributed by atoms with E-state index in [1.54, 1.807) is 0 Å². The Kier molecular flexibility index (Phi) is 4.87. The summed E-state index contributed by atoms with van der Waals surface area (Å²) in [4.78, 5) is 4.38. The van der Waals surface area contributed by atoms with E-state index in [0.29, 0.717) is 6.04 Å². The quantitative estimate of drug-likeness (QED) is 0.861. The van der Waals surface area contributed by atoms with E-state index in [4.69, 9.17) is 0 Å². The molecule has 0 bridgehead atoms. The van der Waals surface area contributed by atoms with E-state index in [2.05, 4.69) is 41.5 Å². The van der Waals surface area contributed by atoms with Crippen LogP contribution in [0, 0.1) is 5.92 Å². The first-order valence-corrected chi connectivity index (χ1v) is 8.42. The number of rotatable bonds is 5. The summed E-state index contributed by atoms with van der Waals surface area (Å²) in [7, 11) is 0. The number of hydrogen-bond acceptors (Lipinski definition) is 2. The highest BCUT2D eigenvalue weighted by Crippen LogP contribution is 2.27. The summed E-state index contributed by atoms with van der Waals surface area (Å²) in [6, 6.07) is 11.5. The van der Waals surface area contributed by atoms with Gasteiger partial charge in [-0.3, -0.25) is 4.98 Å². The zero-order chi connectivity index (χ0) is 14.5. The van der Waals surface area contributed by atoms with Gasteiger partial charge in [-0.1, -0.05) is 31.9 Å². The van der Waals surface area contributed by atoms with Gasteiger partial charge in [0.05, 0.1) is 5.52 Å². The fourth-order valence-corrected chi connectivity index (χ4v) is 3.56. The van der Waals surface area contributed by atoms with E-state index in [1.807, 2.05) is 12.3 Å². The summed E-state index contributed by atoms with van der Waals surface area (Å²) in [5.74, 6) is 0.986. The lowest BCUT2D eigenvalue weighted by molar-refractivity contribution is 0.277. The van der Waals surface area contributed by atoms with Crippen LogP contribution in [0.4, 0.5) is 0 Å². The minimum absolute atomic E-state index is 0.711. The van der Waals surface area contributed by atoms with Gasteiger partial charge in [-0.25, -0.2) is 0 Å². The average molecular weight is 282 g/mol. The molecule has 1 saturated carbocycles. The standard InChI is InChI=1S/C19H26N2/c1-2-4-15-6-9-18(10-7-15)21-14-16-8-11-19-17(13-16)5-3-12-20-19/h3,5,8,11-13,15,18,21H,2,4,6-7,9-10,14H2,1H3. The summed E-state index contributed by atoms with van der Waals surface area (Å²) < 4.78 is 0. The zero-order valence-electron chi connectivity index (χ0n) is 13.0. The minimum atomic E-state index is 0.711. The first-order chi connectivity index (χ1) is 10.3. The minimum Gasteiger partial charge on any atom is -0.310 e. The molecule has 3 rings (SSSR count). The maximum Gasteiger partial charge on any atom is 0.0702 e. The van der Waals surface area contributed by atoms with Gasteiger partial charge in [-0.2, -0.15) is 0 Å². The second kappa shape index (κ2) is 7.04. The van der Waals surface area contributed by atoms with E-state index in [-0.39, 0.29) is 0 Å². The van der Waals surface area contributed by atoms with Crippen LogP contribution < -0.4 is 5.32 Å². The van der Waals surface area contributed by atoms with Crippen LogP contribution in [0.1, 0.15) is 51.0 Å². The Hall–Kier alpha value is -1.41. The lowest BCUT2D eigenvalue weighted by Crippen LogP contribution is -2.32. The lowest BCUT2D eigenvalue weighted by Gasteiger charge is -2.29. The van der Waals surface area contributed by atoms with Crippen LogP contribution >= 0.6 is 0 Å². The van der Waals surface area contributed by atoms with Crippen molar-refractivity contribution in [2.24, 2.45) is 5.92 Å². The molecule has 1 aromatic heterocycles. The van der Waals surface area contributed by atoms with Crippen LogP contribution in [0.3, 0.4) is 0 Å². The van der Waals surface area contributed by atoms with E-state index in [9.17, 15) is 0 Å². The van der Waals surface area contributed by atoms with Gasteiger partial charge in [-0.15, -0.1) is 0 Å². The highest BCUT2D eigenvalue weighted by molar-refractivity contribution is 5.78. The molecule has 0 radical (unpaired) electrons. The number of pyridine rings is 1. The van der Waals surface area contributed by atoms with Gasteiger partial charge in [0.1, 0.15) is 0 Å². The van der Waals surface area contributed by atoms with Gasteiger partial charge in [0.15, 0.2) is 0 Å². The second-order valence-electron chi connectivity index (χ2n) is 6.42. The molecule has 21 heavy (non-hydrogen) atoms. The van der Waals surface area contributed by atoms with Gasteiger partial charge in [0.2, 0.25) is 0 Å². The lowest BCUT2D eigenvalue weighted by atomic mass is 9.83. The van der Waals surface area contributed by atoms with Crippen LogP contribution in [0.15, 0.2) is 36.5 Å². The second-order valence-corrected chi connectivity index (χ2v) is 6.42. The molecule has 2 aromatic rings. The van der Waals surface area contributed by atoms with E-state index < -0.39 is 0 Å². The van der Waals surface area contributed by atoms with Crippen LogP contribution in [-0.2, 0) is 6.54 Å². The molecule has 0 spiro atoms. The topological polar surface area (TPSA) is 24.9 Å². The number of fused-ring (bicyclic) bond motifs is 1. The third-order valence-electron chi connectivity index (χ3n) is 4.81. The third kappa shape index (κ3) is 3.82. The number of benzene rings is 1. The van der Waals surface area contributed by atoms with Crippen molar-refractivity contribution < 1.29 is 0 Å². The van der Waals surface area contributed by atoms with Crippen molar-refractivity contribution >= 4 is 10.9 Å². The number of aromatic nitrogens is 1. The molecule has 1 aliphatic carbocycles. The molecule has 0 amide bonds. The van der Waals surface area contributed by atoms with E-state index in [1.165, 1.54) is 49.5 Å². The van der Waals surface area contributed by atoms with Crippen molar-refractivity contribution in [1.82, 2.24) is 10.3 Å². The van der Waals surface area contributed by atoms with E-state index in [0.717, 1.165) is 18.0 Å². The van der Waals surface area contributed by atoms with Crippen molar-refractivity contribution in [2.75, 3.05) is 0 Å². The van der Waals surface area contributed by atoms with Crippen molar-refractivity contribution in [2.45, 2.75) is 58.0 Å². The maximum atomic E-state index is 4.38. The van der Waals surface area contributed by atoms with Gasteiger partial charge < -0.3 is 5.32 Å². The van der Waals surface area contributed by atoms with Crippen LogP contribution in [0.5, 0.6) is 0 Å². The first kappa shape index (κ1) is 14.5. The smallest absolute Gasteiger partial charge is 0.0702 e. The molecule has 2 heteroatoms. The fourth-order valence-electron chi connectivity index (χ4n) is 3.56. The summed E-state index contributed by atoms with van der Waals surface area (Å²) in [5.41, 5.74) is 2.45. The molecule has 1 aliphatic rings. The Morgan fingerprint density at radius 2 is 2.00 bits per heavy atom. The van der Waals surface area contributed by atoms with Gasteiger partial charge >= 0.3 is 0 Å². The van der Waals surface area contributed by atoms with Crippen molar-refractivity contribution in [1.29, 1.82) is 0 Å². The van der Waals surface area contributed by atoms with Gasteiger partial charge in [0, 0.05) is 24.2 Å². The summed E-state index contributed by atoms with van der Waals surface area (Å²) in [6.45, 7) is 3.28. The fraction of sp³-hybridized carbons (Fsp3) is 0.526. The first-order valence-electron chi connectivity index (χ1n) is 8.42. The Morgan fingerprint density at radius 1 is 1.14 bits per heavy atom. The van der Waals surface area contributed by atoms with Crippen LogP contribution in [0.25, 0.3) is 10.9 Å². The maximum absolute atomic E-state index is 4.38. The Bertz CT molecular complexity index is 571. The largest absolute Gasteiger partial charge is 0.310 e. The van der Waals surface area contributed by atoms with Gasteiger partial charge in [-0.05, 0) is 55.4 Å². The van der Waals surface area contributed by atoms with Crippen LogP contribution in [0.2, 0.25) is 0 Å². The average Bonchev–Trinajstić information content (AvgIpc) is 2.54. The normalized spacial score (nSPS) is 22.5. The predicted molar refractivity (Wildman–Crippen MR) is 89.2 cm³/mol. The Morgan fingerprint density at radius 3 is 2.81 bits per heavy atom. The molecule has 0 aliphatic heterocycles. The molecule has 1 heterocycles. The molecular weight excluding hydrogens is 256 g/mol. The summed E-state index contributed by atoms with van der Waals surface area (Å²) in [6.07, 6.45) is 10.1. The molecule has 1 fully saturated rings. The summed E-state index contributed by atoms with van der Waals surface area (Å²) in [5, 5.41) is 4.98. The predicted octanol–water partition coefficient (Wildman–Crippen LogP) is 4.68. The van der Waals surface area contributed by atoms with Crippen LogP contribution in [-0.4, -0.2) is 11.0 Å². The Labute approximate surface area is 128 Å². The number of hydrogen-bond donors (Lipinski definition) is 1. The zero-order valence-corrected chi connectivity index (χ0v) is 13.0. The molecule has 1 aromatic carbocycles. The molecule has 0 atom stereocenters. The molecule has 1 N–H and O–H groups in total. The number of nitrogens with one attached hydrogen (secondary N) is 1. The van der Waals surface area contributed by atoms with Crippen molar-refractivity contribution in [3.05, 3.63) is 42.1 Å². The highest BCUT2D eigenvalue weighted by Gasteiger charge is 2.19. The molecular formula is C19H26N2. The Balaban J connectivity index is 1.52. The van der Waals surface area contributed by atoms with Gasteiger partial charge in [0.25, 0.3) is 0 Å². The molecule has 0 saturated heterocycles. The molecule has 0 unspecified atom stereocenters. The van der Waals surface area contributed by atoms with E-state index >= 15 is 0 Å².